The number of carbonyl (C=O) groups is 4. The lowest BCUT2D eigenvalue weighted by molar-refractivity contribution is -0.354. The minimum Gasteiger partial charge on any atom is -0.508 e. The summed E-state index contributed by atoms with van der Waals surface area (Å²) in [4.78, 5) is 46.9. The van der Waals surface area contributed by atoms with Crippen molar-refractivity contribution in [1.82, 2.24) is 0 Å². The van der Waals surface area contributed by atoms with Gasteiger partial charge in [-0.1, -0.05) is 12.1 Å². The van der Waals surface area contributed by atoms with E-state index >= 15 is 0 Å². The molecule has 1 saturated heterocycles. The SMILES string of the molecule is CC(=O)OC[C@H]1O[C@](O)(CCCCc2ccc(O)cc2)[C@H](OC(C)=O)[C@@H](OC(C)=O)[C@@H]1OC(C)=O. The van der Waals surface area contributed by atoms with Crippen LogP contribution in [0.3, 0.4) is 0 Å². The lowest BCUT2D eigenvalue weighted by atomic mass is 9.88. The van der Waals surface area contributed by atoms with Crippen LogP contribution in [0.15, 0.2) is 24.3 Å². The predicted molar refractivity (Wildman–Crippen MR) is 119 cm³/mol. The van der Waals surface area contributed by atoms with Crippen molar-refractivity contribution in [2.75, 3.05) is 6.61 Å². The Balaban J connectivity index is 2.29. The molecule has 0 aromatic heterocycles. The van der Waals surface area contributed by atoms with Crippen LogP contribution in [0, 0.1) is 0 Å². The van der Waals surface area contributed by atoms with Gasteiger partial charge in [-0.2, -0.15) is 0 Å². The summed E-state index contributed by atoms with van der Waals surface area (Å²) in [7, 11) is 0. The van der Waals surface area contributed by atoms with E-state index in [4.69, 9.17) is 23.7 Å². The molecule has 0 bridgehead atoms. The highest BCUT2D eigenvalue weighted by atomic mass is 16.7. The fourth-order valence-electron chi connectivity index (χ4n) is 3.93. The molecule has 1 aromatic rings. The Morgan fingerprint density at radius 2 is 1.43 bits per heavy atom. The van der Waals surface area contributed by atoms with E-state index in [-0.39, 0.29) is 12.2 Å². The van der Waals surface area contributed by atoms with Gasteiger partial charge in [0.15, 0.2) is 18.3 Å². The second-order valence-corrected chi connectivity index (χ2v) is 8.36. The molecule has 11 heteroatoms. The molecule has 2 N–H and O–H groups in total. The zero-order chi connectivity index (χ0) is 26.2. The van der Waals surface area contributed by atoms with Gasteiger partial charge in [0.2, 0.25) is 5.79 Å². The number of rotatable bonds is 10. The zero-order valence-electron chi connectivity index (χ0n) is 20.2. The molecular weight excluding hydrogens is 464 g/mol. The molecule has 0 radical (unpaired) electrons. The predicted octanol–water partition coefficient (Wildman–Crippen LogP) is 1.55. The molecule has 0 saturated carbocycles. The average molecular weight is 497 g/mol. The highest BCUT2D eigenvalue weighted by molar-refractivity contribution is 5.68. The summed E-state index contributed by atoms with van der Waals surface area (Å²) in [6.45, 7) is 4.11. The summed E-state index contributed by atoms with van der Waals surface area (Å²) in [5.41, 5.74) is 0.969. The van der Waals surface area contributed by atoms with Crippen molar-refractivity contribution < 1.29 is 53.1 Å². The number of aromatic hydroxyl groups is 1. The Labute approximate surface area is 203 Å². The van der Waals surface area contributed by atoms with Gasteiger partial charge >= 0.3 is 23.9 Å². The van der Waals surface area contributed by atoms with Crippen LogP contribution in [0.25, 0.3) is 0 Å². The van der Waals surface area contributed by atoms with Crippen LogP contribution >= 0.6 is 0 Å². The summed E-state index contributed by atoms with van der Waals surface area (Å²) in [5, 5.41) is 20.9. The molecule has 1 aliphatic rings. The van der Waals surface area contributed by atoms with E-state index in [2.05, 4.69) is 0 Å². The molecule has 11 nitrogen and oxygen atoms in total. The van der Waals surface area contributed by atoms with Crippen LogP contribution in [-0.2, 0) is 49.3 Å². The third-order valence-corrected chi connectivity index (χ3v) is 5.32. The highest BCUT2D eigenvalue weighted by Gasteiger charge is 2.59. The van der Waals surface area contributed by atoms with Crippen molar-refractivity contribution in [3.8, 4) is 5.75 Å². The number of aryl methyl sites for hydroxylation is 1. The highest BCUT2D eigenvalue weighted by Crippen LogP contribution is 2.37. The molecule has 1 heterocycles. The van der Waals surface area contributed by atoms with E-state index in [1.54, 1.807) is 24.3 Å². The molecule has 0 spiro atoms. The molecule has 1 aliphatic heterocycles. The van der Waals surface area contributed by atoms with Gasteiger partial charge < -0.3 is 33.9 Å². The summed E-state index contributed by atoms with van der Waals surface area (Å²) < 4.78 is 26.8. The number of unbranched alkanes of at least 4 members (excludes halogenated alkanes) is 1. The third kappa shape index (κ3) is 8.52. The second-order valence-electron chi connectivity index (χ2n) is 8.36. The number of carbonyl (C=O) groups excluding carboxylic acids is 4. The number of phenolic OH excluding ortho intramolecular Hbond substituents is 1. The monoisotopic (exact) mass is 496 g/mol. The summed E-state index contributed by atoms with van der Waals surface area (Å²) in [6, 6.07) is 6.70. The number of hydrogen-bond acceptors (Lipinski definition) is 11. The van der Waals surface area contributed by atoms with Crippen molar-refractivity contribution in [1.29, 1.82) is 0 Å². The first-order valence-corrected chi connectivity index (χ1v) is 11.2. The van der Waals surface area contributed by atoms with Crippen molar-refractivity contribution in [3.05, 3.63) is 29.8 Å². The van der Waals surface area contributed by atoms with E-state index in [0.29, 0.717) is 19.3 Å². The van der Waals surface area contributed by atoms with Gasteiger partial charge in [0, 0.05) is 34.1 Å². The van der Waals surface area contributed by atoms with Crippen LogP contribution in [0.2, 0.25) is 0 Å². The Hall–Kier alpha value is -3.18. The van der Waals surface area contributed by atoms with E-state index in [0.717, 1.165) is 26.3 Å². The average Bonchev–Trinajstić information content (AvgIpc) is 2.75. The van der Waals surface area contributed by atoms with E-state index in [1.807, 2.05) is 0 Å². The first kappa shape index (κ1) is 28.1. The first-order valence-electron chi connectivity index (χ1n) is 11.2. The summed E-state index contributed by atoms with van der Waals surface area (Å²) >= 11 is 0. The fraction of sp³-hybridized carbons (Fsp3) is 0.583. The minimum atomic E-state index is -2.14. The first-order chi connectivity index (χ1) is 16.4. The van der Waals surface area contributed by atoms with Crippen LogP contribution < -0.4 is 0 Å². The van der Waals surface area contributed by atoms with Crippen molar-refractivity contribution in [2.24, 2.45) is 0 Å². The Bertz CT molecular complexity index is 897. The Morgan fingerprint density at radius 3 is 1.97 bits per heavy atom. The molecule has 0 unspecified atom stereocenters. The number of phenols is 1. The number of aliphatic hydroxyl groups is 1. The summed E-state index contributed by atoms with van der Waals surface area (Å²) in [6.07, 6.45) is -3.87. The number of esters is 4. The van der Waals surface area contributed by atoms with Crippen molar-refractivity contribution >= 4 is 23.9 Å². The zero-order valence-corrected chi connectivity index (χ0v) is 20.2. The van der Waals surface area contributed by atoms with Crippen LogP contribution in [0.1, 0.15) is 52.5 Å². The summed E-state index contributed by atoms with van der Waals surface area (Å²) in [5.74, 6) is -4.92. The molecule has 1 aromatic carbocycles. The van der Waals surface area contributed by atoms with Crippen LogP contribution in [-0.4, -0.2) is 70.9 Å². The maximum absolute atomic E-state index is 11.9. The smallest absolute Gasteiger partial charge is 0.303 e. The number of ether oxygens (including phenoxy) is 5. The third-order valence-electron chi connectivity index (χ3n) is 5.32. The van der Waals surface area contributed by atoms with Gasteiger partial charge in [-0.15, -0.1) is 0 Å². The second kappa shape index (κ2) is 12.5. The Kier molecular flexibility index (Phi) is 10.0. The molecule has 2 rings (SSSR count). The van der Waals surface area contributed by atoms with Crippen molar-refractivity contribution in [3.63, 3.8) is 0 Å². The number of benzene rings is 1. The largest absolute Gasteiger partial charge is 0.508 e. The molecule has 0 aliphatic carbocycles. The van der Waals surface area contributed by atoms with E-state index in [9.17, 15) is 29.4 Å². The molecule has 5 atom stereocenters. The molecule has 0 amide bonds. The van der Waals surface area contributed by atoms with E-state index < -0.39 is 60.7 Å². The molecule has 35 heavy (non-hydrogen) atoms. The van der Waals surface area contributed by atoms with Crippen LogP contribution in [0.5, 0.6) is 5.75 Å². The Morgan fingerprint density at radius 1 is 0.857 bits per heavy atom. The molecule has 1 fully saturated rings. The lowest BCUT2D eigenvalue weighted by Crippen LogP contribution is -2.68. The van der Waals surface area contributed by atoms with Crippen LogP contribution in [0.4, 0.5) is 0 Å². The fourth-order valence-corrected chi connectivity index (χ4v) is 3.93. The standard InChI is InChI=1S/C24H32O11/c1-14(25)31-13-20-21(32-15(2)26)22(33-16(3)27)23(34-17(4)28)24(30,35-20)12-6-5-7-18-8-10-19(29)11-9-18/h8-11,20-23,29-30H,5-7,12-13H2,1-4H3/t20-,21-,22+,23-,24-/m1/s1. The number of hydrogen-bond donors (Lipinski definition) is 2. The minimum absolute atomic E-state index is 0.0375. The lowest BCUT2D eigenvalue weighted by Gasteiger charge is -2.48. The van der Waals surface area contributed by atoms with Crippen molar-refractivity contribution in [2.45, 2.75) is 83.6 Å². The van der Waals surface area contributed by atoms with Gasteiger partial charge in [-0.05, 0) is 37.0 Å². The maximum atomic E-state index is 11.9. The quantitative estimate of drug-likeness (QED) is 0.275. The normalized spacial score (nSPS) is 25.9. The van der Waals surface area contributed by atoms with Gasteiger partial charge in [0.05, 0.1) is 0 Å². The molecular formula is C24H32O11. The maximum Gasteiger partial charge on any atom is 0.303 e. The molecule has 194 valence electrons. The van der Waals surface area contributed by atoms with E-state index in [1.165, 1.54) is 6.92 Å². The van der Waals surface area contributed by atoms with Gasteiger partial charge in [-0.25, -0.2) is 0 Å². The van der Waals surface area contributed by atoms with Gasteiger partial charge in [0.25, 0.3) is 0 Å². The van der Waals surface area contributed by atoms with Gasteiger partial charge in [0.1, 0.15) is 18.5 Å². The van der Waals surface area contributed by atoms with Gasteiger partial charge in [-0.3, -0.25) is 19.2 Å². The topological polar surface area (TPSA) is 155 Å².